The van der Waals surface area contributed by atoms with Crippen LogP contribution in [0.2, 0.25) is 0 Å². The van der Waals surface area contributed by atoms with Gasteiger partial charge in [0.1, 0.15) is 12.1 Å². The SMILES string of the molecule is C[C@H]1C(=O)N2CCN(Cc3cccc4ncccc34)C[C@@H]2C(=O)N1C. The number of likely N-dealkylation sites (N-methyl/N-ethyl adjacent to an activating group) is 1. The number of aromatic nitrogens is 1. The Morgan fingerprint density at radius 2 is 1.96 bits per heavy atom. The van der Waals surface area contributed by atoms with Crippen molar-refractivity contribution in [2.24, 2.45) is 0 Å². The molecule has 2 amide bonds. The maximum Gasteiger partial charge on any atom is 0.247 e. The first-order chi connectivity index (χ1) is 12.1. The zero-order valence-electron chi connectivity index (χ0n) is 14.6. The lowest BCUT2D eigenvalue weighted by Crippen LogP contribution is -2.68. The van der Waals surface area contributed by atoms with Crippen LogP contribution in [0.25, 0.3) is 10.9 Å². The summed E-state index contributed by atoms with van der Waals surface area (Å²) >= 11 is 0. The highest BCUT2D eigenvalue weighted by Gasteiger charge is 2.44. The Labute approximate surface area is 147 Å². The van der Waals surface area contributed by atoms with Crippen molar-refractivity contribution in [2.75, 3.05) is 26.7 Å². The van der Waals surface area contributed by atoms with Gasteiger partial charge >= 0.3 is 0 Å². The van der Waals surface area contributed by atoms with E-state index >= 15 is 0 Å². The zero-order chi connectivity index (χ0) is 17.6. The summed E-state index contributed by atoms with van der Waals surface area (Å²) < 4.78 is 0. The van der Waals surface area contributed by atoms with Crippen LogP contribution in [0.1, 0.15) is 12.5 Å². The van der Waals surface area contributed by atoms with Crippen LogP contribution in [0, 0.1) is 0 Å². The van der Waals surface area contributed by atoms with Crippen LogP contribution in [-0.2, 0) is 16.1 Å². The number of rotatable bonds is 2. The molecule has 2 fully saturated rings. The number of pyridine rings is 1. The molecule has 0 spiro atoms. The lowest BCUT2D eigenvalue weighted by molar-refractivity contribution is -0.163. The topological polar surface area (TPSA) is 56.8 Å². The molecule has 130 valence electrons. The molecule has 1 aromatic heterocycles. The third kappa shape index (κ3) is 2.66. The molecule has 2 aliphatic heterocycles. The van der Waals surface area contributed by atoms with Gasteiger partial charge in [0.2, 0.25) is 11.8 Å². The van der Waals surface area contributed by atoms with Crippen molar-refractivity contribution >= 4 is 22.7 Å². The zero-order valence-corrected chi connectivity index (χ0v) is 14.6. The number of nitrogens with zero attached hydrogens (tertiary/aromatic N) is 4. The average Bonchev–Trinajstić information content (AvgIpc) is 2.65. The molecule has 2 atom stereocenters. The van der Waals surface area contributed by atoms with E-state index in [9.17, 15) is 9.59 Å². The molecule has 0 bridgehead atoms. The van der Waals surface area contributed by atoms with Crippen molar-refractivity contribution < 1.29 is 9.59 Å². The Kier molecular flexibility index (Phi) is 3.92. The third-order valence-electron chi connectivity index (χ3n) is 5.45. The summed E-state index contributed by atoms with van der Waals surface area (Å²) in [5, 5.41) is 1.14. The summed E-state index contributed by atoms with van der Waals surface area (Å²) in [7, 11) is 1.72. The number of piperazine rings is 2. The van der Waals surface area contributed by atoms with Gasteiger partial charge in [-0.15, -0.1) is 0 Å². The number of carbonyl (C=O) groups is 2. The number of carbonyl (C=O) groups excluding carboxylic acids is 2. The molecule has 2 aromatic rings. The van der Waals surface area contributed by atoms with E-state index in [0.29, 0.717) is 13.1 Å². The highest BCUT2D eigenvalue weighted by Crippen LogP contribution is 2.24. The molecule has 4 rings (SSSR count). The summed E-state index contributed by atoms with van der Waals surface area (Å²) in [5.74, 6) is 0.0949. The second kappa shape index (κ2) is 6.11. The van der Waals surface area contributed by atoms with Gasteiger partial charge in [0.05, 0.1) is 5.52 Å². The van der Waals surface area contributed by atoms with Crippen molar-refractivity contribution in [1.29, 1.82) is 0 Å². The predicted molar refractivity (Wildman–Crippen MR) is 94.8 cm³/mol. The molecule has 0 N–H and O–H groups in total. The summed E-state index contributed by atoms with van der Waals surface area (Å²) in [5.41, 5.74) is 2.19. The van der Waals surface area contributed by atoms with Crippen LogP contribution in [0.4, 0.5) is 0 Å². The van der Waals surface area contributed by atoms with E-state index < -0.39 is 0 Å². The number of hydrogen-bond donors (Lipinski definition) is 0. The Morgan fingerprint density at radius 3 is 2.80 bits per heavy atom. The van der Waals surface area contributed by atoms with Crippen LogP contribution in [0.5, 0.6) is 0 Å². The van der Waals surface area contributed by atoms with Gasteiger partial charge in [-0.2, -0.15) is 0 Å². The quantitative estimate of drug-likeness (QED) is 0.823. The predicted octanol–water partition coefficient (Wildman–Crippen LogP) is 1.11. The minimum absolute atomic E-state index is 0.0383. The summed E-state index contributed by atoms with van der Waals surface area (Å²) in [4.78, 5) is 35.1. The van der Waals surface area contributed by atoms with Crippen LogP contribution in [0.15, 0.2) is 36.5 Å². The number of amides is 2. The first kappa shape index (κ1) is 16.0. The molecule has 25 heavy (non-hydrogen) atoms. The van der Waals surface area contributed by atoms with Crippen molar-refractivity contribution in [3.63, 3.8) is 0 Å². The lowest BCUT2D eigenvalue weighted by Gasteiger charge is -2.47. The Balaban J connectivity index is 1.56. The van der Waals surface area contributed by atoms with E-state index in [1.54, 1.807) is 30.0 Å². The highest BCUT2D eigenvalue weighted by molar-refractivity contribution is 5.97. The van der Waals surface area contributed by atoms with Crippen LogP contribution >= 0.6 is 0 Å². The van der Waals surface area contributed by atoms with E-state index in [0.717, 1.165) is 24.0 Å². The molecule has 6 nitrogen and oxygen atoms in total. The first-order valence-electron chi connectivity index (χ1n) is 8.68. The fraction of sp³-hybridized carbons (Fsp3) is 0.421. The molecular formula is C19H22N4O2. The molecular weight excluding hydrogens is 316 g/mol. The first-order valence-corrected chi connectivity index (χ1v) is 8.68. The van der Waals surface area contributed by atoms with E-state index in [-0.39, 0.29) is 23.9 Å². The molecule has 3 heterocycles. The van der Waals surface area contributed by atoms with Gasteiger partial charge < -0.3 is 9.80 Å². The maximum atomic E-state index is 12.6. The molecule has 0 radical (unpaired) electrons. The van der Waals surface area contributed by atoms with Crippen molar-refractivity contribution in [2.45, 2.75) is 25.6 Å². The van der Waals surface area contributed by atoms with E-state index in [4.69, 9.17) is 0 Å². The molecule has 0 saturated carbocycles. The highest BCUT2D eigenvalue weighted by atomic mass is 16.2. The normalized spacial score (nSPS) is 24.7. The van der Waals surface area contributed by atoms with Crippen LogP contribution in [0.3, 0.4) is 0 Å². The average molecular weight is 338 g/mol. The van der Waals surface area contributed by atoms with E-state index in [1.165, 1.54) is 5.56 Å². The Hall–Kier alpha value is -2.47. The summed E-state index contributed by atoms with van der Waals surface area (Å²) in [6, 6.07) is 9.44. The second-order valence-corrected chi connectivity index (χ2v) is 6.89. The molecule has 2 aliphatic rings. The van der Waals surface area contributed by atoms with Crippen molar-refractivity contribution in [3.05, 3.63) is 42.1 Å². The van der Waals surface area contributed by atoms with Gasteiger partial charge in [-0.25, -0.2) is 0 Å². The number of hydrogen-bond acceptors (Lipinski definition) is 4. The summed E-state index contributed by atoms with van der Waals surface area (Å²) in [6.07, 6.45) is 1.80. The van der Waals surface area contributed by atoms with Crippen molar-refractivity contribution in [1.82, 2.24) is 19.7 Å². The maximum absolute atomic E-state index is 12.6. The van der Waals surface area contributed by atoms with Gasteiger partial charge in [0, 0.05) is 44.8 Å². The molecule has 0 unspecified atom stereocenters. The lowest BCUT2D eigenvalue weighted by atomic mass is 10.0. The molecule has 6 heteroatoms. The van der Waals surface area contributed by atoms with Gasteiger partial charge in [-0.05, 0) is 24.6 Å². The second-order valence-electron chi connectivity index (χ2n) is 6.89. The number of fused-ring (bicyclic) bond motifs is 2. The minimum atomic E-state index is -0.365. The largest absolute Gasteiger partial charge is 0.332 e. The van der Waals surface area contributed by atoms with Gasteiger partial charge in [-0.1, -0.05) is 18.2 Å². The smallest absolute Gasteiger partial charge is 0.247 e. The fourth-order valence-electron chi connectivity index (χ4n) is 3.84. The Morgan fingerprint density at radius 1 is 1.12 bits per heavy atom. The number of benzene rings is 1. The molecule has 0 aliphatic carbocycles. The third-order valence-corrected chi connectivity index (χ3v) is 5.45. The Bertz CT molecular complexity index is 832. The standard InChI is InChI=1S/C19H22N4O2/c1-13-18(24)23-10-9-22(12-17(23)19(25)21(13)2)11-14-5-3-7-16-15(14)6-4-8-20-16/h3-8,13,17H,9-12H2,1-2H3/t13-,17+/m0/s1. The molecule has 1 aromatic carbocycles. The van der Waals surface area contributed by atoms with Gasteiger partial charge in [-0.3, -0.25) is 19.5 Å². The van der Waals surface area contributed by atoms with Gasteiger partial charge in [0.25, 0.3) is 0 Å². The van der Waals surface area contributed by atoms with Crippen LogP contribution < -0.4 is 0 Å². The minimum Gasteiger partial charge on any atom is -0.332 e. The van der Waals surface area contributed by atoms with Crippen molar-refractivity contribution in [3.8, 4) is 0 Å². The van der Waals surface area contributed by atoms with Gasteiger partial charge in [0.15, 0.2) is 0 Å². The molecule has 2 saturated heterocycles. The van der Waals surface area contributed by atoms with E-state index in [2.05, 4.69) is 22.0 Å². The summed E-state index contributed by atoms with van der Waals surface area (Å²) in [6.45, 7) is 4.53. The monoisotopic (exact) mass is 338 g/mol. The van der Waals surface area contributed by atoms with Crippen LogP contribution in [-0.4, -0.2) is 70.3 Å². The van der Waals surface area contributed by atoms with E-state index in [1.807, 2.05) is 18.2 Å². The fourth-order valence-corrected chi connectivity index (χ4v) is 3.84.